The van der Waals surface area contributed by atoms with Gasteiger partial charge in [0.15, 0.2) is 0 Å². The smallest absolute Gasteiger partial charge is 0.335 e. The summed E-state index contributed by atoms with van der Waals surface area (Å²) in [6.45, 7) is 0. The van der Waals surface area contributed by atoms with Crippen LogP contribution in [0, 0.1) is 0 Å². The van der Waals surface area contributed by atoms with Crippen molar-refractivity contribution in [3.63, 3.8) is 0 Å². The third-order valence-corrected chi connectivity index (χ3v) is 2.56. The van der Waals surface area contributed by atoms with Crippen molar-refractivity contribution in [1.82, 2.24) is 14.8 Å². The first-order chi connectivity index (χ1) is 9.45. The lowest BCUT2D eigenvalue weighted by Crippen LogP contribution is -2.21. The normalized spacial score (nSPS) is 10.1. The Hall–Kier alpha value is -2.61. The van der Waals surface area contributed by atoms with E-state index in [2.05, 4.69) is 20.7 Å². The molecule has 2 amide bonds. The fourth-order valence-corrected chi connectivity index (χ4v) is 1.69. The van der Waals surface area contributed by atoms with Gasteiger partial charge in [0, 0.05) is 17.8 Å². The number of benzene rings is 1. The van der Waals surface area contributed by atoms with Crippen molar-refractivity contribution < 1.29 is 14.7 Å². The van der Waals surface area contributed by atoms with Crippen LogP contribution < -0.4 is 10.6 Å². The molecule has 0 saturated heterocycles. The van der Waals surface area contributed by atoms with E-state index >= 15 is 0 Å². The van der Waals surface area contributed by atoms with Crippen LogP contribution in [-0.4, -0.2) is 31.9 Å². The van der Waals surface area contributed by atoms with E-state index in [0.29, 0.717) is 0 Å². The Labute approximate surface area is 118 Å². The van der Waals surface area contributed by atoms with Crippen LogP contribution >= 0.6 is 11.6 Å². The molecule has 3 N–H and O–H groups in total. The van der Waals surface area contributed by atoms with Gasteiger partial charge in [-0.3, -0.25) is 5.32 Å². The summed E-state index contributed by atoms with van der Waals surface area (Å²) in [5.74, 6) is -0.882. The molecule has 2 rings (SSSR count). The highest BCUT2D eigenvalue weighted by Gasteiger charge is 2.10. The predicted molar refractivity (Wildman–Crippen MR) is 72.1 cm³/mol. The topological polar surface area (TPSA) is 109 Å². The van der Waals surface area contributed by atoms with Crippen molar-refractivity contribution in [3.8, 4) is 0 Å². The van der Waals surface area contributed by atoms with Crippen molar-refractivity contribution in [1.29, 1.82) is 0 Å². The highest BCUT2D eigenvalue weighted by molar-refractivity contribution is 6.31. The van der Waals surface area contributed by atoms with Gasteiger partial charge in [-0.2, -0.15) is 10.1 Å². The number of nitrogens with one attached hydrogen (secondary N) is 2. The van der Waals surface area contributed by atoms with E-state index in [4.69, 9.17) is 16.7 Å². The molecular formula is C11H10ClN5O3. The molecule has 0 saturated carbocycles. The summed E-state index contributed by atoms with van der Waals surface area (Å²) in [6.07, 6.45) is 1.29. The molecule has 9 heteroatoms. The van der Waals surface area contributed by atoms with Gasteiger partial charge in [0.25, 0.3) is 0 Å². The van der Waals surface area contributed by atoms with Gasteiger partial charge in [0.2, 0.25) is 5.95 Å². The minimum atomic E-state index is -1.13. The van der Waals surface area contributed by atoms with E-state index in [1.54, 1.807) is 7.05 Å². The molecular weight excluding hydrogens is 286 g/mol. The van der Waals surface area contributed by atoms with Crippen molar-refractivity contribution in [3.05, 3.63) is 35.1 Å². The molecule has 0 spiro atoms. The first kappa shape index (κ1) is 13.8. The number of nitrogens with zero attached hydrogens (tertiary/aromatic N) is 3. The van der Waals surface area contributed by atoms with Crippen LogP contribution in [-0.2, 0) is 7.05 Å². The number of urea groups is 1. The monoisotopic (exact) mass is 295 g/mol. The summed E-state index contributed by atoms with van der Waals surface area (Å²) in [6, 6.07) is 3.43. The van der Waals surface area contributed by atoms with Gasteiger partial charge < -0.3 is 10.4 Å². The molecule has 0 atom stereocenters. The van der Waals surface area contributed by atoms with Crippen LogP contribution in [0.1, 0.15) is 10.4 Å². The second-order valence-electron chi connectivity index (χ2n) is 3.82. The van der Waals surface area contributed by atoms with Gasteiger partial charge >= 0.3 is 12.0 Å². The second-order valence-corrected chi connectivity index (χ2v) is 4.26. The molecule has 0 radical (unpaired) electrons. The lowest BCUT2D eigenvalue weighted by Gasteiger charge is -2.08. The number of amides is 2. The molecule has 1 aromatic heterocycles. The number of carboxylic acid groups (broad SMARTS) is 1. The van der Waals surface area contributed by atoms with Gasteiger partial charge in [-0.25, -0.2) is 14.3 Å². The van der Waals surface area contributed by atoms with Gasteiger partial charge in [0.05, 0.1) is 5.56 Å². The number of aryl methyl sites for hydroxylation is 1. The summed E-state index contributed by atoms with van der Waals surface area (Å²) < 4.78 is 1.38. The van der Waals surface area contributed by atoms with Crippen LogP contribution in [0.15, 0.2) is 24.5 Å². The van der Waals surface area contributed by atoms with E-state index < -0.39 is 12.0 Å². The van der Waals surface area contributed by atoms with Gasteiger partial charge in [-0.15, -0.1) is 0 Å². The van der Waals surface area contributed by atoms with Crippen molar-refractivity contribution in [2.24, 2.45) is 7.05 Å². The van der Waals surface area contributed by atoms with E-state index in [9.17, 15) is 9.59 Å². The number of carbonyl (C=O) groups excluding carboxylic acids is 1. The fourth-order valence-electron chi connectivity index (χ4n) is 1.46. The summed E-state index contributed by atoms with van der Waals surface area (Å²) >= 11 is 5.78. The third kappa shape index (κ3) is 3.23. The maximum absolute atomic E-state index is 11.7. The van der Waals surface area contributed by atoms with Gasteiger partial charge in [-0.1, -0.05) is 11.6 Å². The highest BCUT2D eigenvalue weighted by Crippen LogP contribution is 2.19. The first-order valence-corrected chi connectivity index (χ1v) is 5.79. The van der Waals surface area contributed by atoms with E-state index in [0.717, 1.165) is 0 Å². The average Bonchev–Trinajstić information content (AvgIpc) is 2.74. The zero-order valence-electron chi connectivity index (χ0n) is 10.3. The molecule has 8 nitrogen and oxygen atoms in total. The molecule has 0 unspecified atom stereocenters. The van der Waals surface area contributed by atoms with Crippen molar-refractivity contribution in [2.45, 2.75) is 0 Å². The van der Waals surface area contributed by atoms with E-state index in [1.807, 2.05) is 0 Å². The number of rotatable bonds is 3. The van der Waals surface area contributed by atoms with Crippen LogP contribution in [0.25, 0.3) is 0 Å². The number of hydrogen-bond acceptors (Lipinski definition) is 4. The lowest BCUT2D eigenvalue weighted by atomic mass is 10.2. The quantitative estimate of drug-likeness (QED) is 0.800. The Kier molecular flexibility index (Phi) is 3.85. The molecule has 0 aliphatic rings. The molecule has 2 aromatic rings. The number of carboxylic acids is 1. The molecule has 20 heavy (non-hydrogen) atoms. The highest BCUT2D eigenvalue weighted by atomic mass is 35.5. The number of aromatic carboxylic acids is 1. The lowest BCUT2D eigenvalue weighted by molar-refractivity contribution is 0.0697. The SMILES string of the molecule is Cn1ncnc1NC(=O)Nc1cc(Cl)cc(C(=O)O)c1. The molecule has 1 aromatic carbocycles. The van der Waals surface area contributed by atoms with Crippen molar-refractivity contribution >= 4 is 35.2 Å². The Balaban J connectivity index is 2.12. The van der Waals surface area contributed by atoms with Gasteiger partial charge in [0.1, 0.15) is 6.33 Å². The number of halogens is 1. The second kappa shape index (κ2) is 5.57. The average molecular weight is 296 g/mol. The number of carbonyl (C=O) groups is 2. The first-order valence-electron chi connectivity index (χ1n) is 5.41. The van der Waals surface area contributed by atoms with Crippen LogP contribution in [0.5, 0.6) is 0 Å². The third-order valence-electron chi connectivity index (χ3n) is 2.34. The van der Waals surface area contributed by atoms with Crippen LogP contribution in [0.4, 0.5) is 16.4 Å². The van der Waals surface area contributed by atoms with Gasteiger partial charge in [-0.05, 0) is 18.2 Å². The maximum atomic E-state index is 11.7. The summed E-state index contributed by atoms with van der Waals surface area (Å²) in [7, 11) is 1.62. The van der Waals surface area contributed by atoms with E-state index in [1.165, 1.54) is 29.2 Å². The fraction of sp³-hybridized carbons (Fsp3) is 0.0909. The number of anilines is 2. The Morgan fingerprint density at radius 1 is 1.30 bits per heavy atom. The predicted octanol–water partition coefficient (Wildman–Crippen LogP) is 1.81. The number of hydrogen-bond donors (Lipinski definition) is 3. The van der Waals surface area contributed by atoms with Crippen LogP contribution in [0.3, 0.4) is 0 Å². The Morgan fingerprint density at radius 3 is 2.65 bits per heavy atom. The largest absolute Gasteiger partial charge is 0.478 e. The molecule has 0 aliphatic heterocycles. The minimum Gasteiger partial charge on any atom is -0.478 e. The Bertz CT molecular complexity index is 670. The summed E-state index contributed by atoms with van der Waals surface area (Å²) in [4.78, 5) is 26.4. The minimum absolute atomic E-state index is 0.0218. The molecule has 0 aliphatic carbocycles. The summed E-state index contributed by atoms with van der Waals surface area (Å²) in [5.41, 5.74) is 0.237. The molecule has 0 bridgehead atoms. The maximum Gasteiger partial charge on any atom is 0.335 e. The Morgan fingerprint density at radius 2 is 2.05 bits per heavy atom. The zero-order chi connectivity index (χ0) is 14.7. The van der Waals surface area contributed by atoms with Crippen molar-refractivity contribution in [2.75, 3.05) is 10.6 Å². The molecule has 1 heterocycles. The van der Waals surface area contributed by atoms with E-state index in [-0.39, 0.29) is 22.2 Å². The molecule has 0 fully saturated rings. The molecule has 104 valence electrons. The van der Waals surface area contributed by atoms with Crippen LogP contribution in [0.2, 0.25) is 5.02 Å². The standard InChI is InChI=1S/C11H10ClN5O3/c1-17-10(13-5-14-17)16-11(20)15-8-3-6(9(18)19)2-7(12)4-8/h2-5H,1H3,(H,18,19)(H2,13,14,15,16,20). The summed E-state index contributed by atoms with van der Waals surface area (Å²) in [5, 5.41) is 17.8. The zero-order valence-corrected chi connectivity index (χ0v) is 11.0. The number of aromatic nitrogens is 3.